The number of benzene rings is 1. The van der Waals surface area contributed by atoms with Gasteiger partial charge in [0.1, 0.15) is 0 Å². The van der Waals surface area contributed by atoms with Crippen molar-refractivity contribution in [2.75, 3.05) is 12.3 Å². The zero-order valence-corrected chi connectivity index (χ0v) is 9.29. The van der Waals surface area contributed by atoms with Crippen molar-refractivity contribution in [3.05, 3.63) is 40.3 Å². The maximum atomic E-state index is 8.06. The van der Waals surface area contributed by atoms with E-state index in [1.807, 2.05) is 18.2 Å². The van der Waals surface area contributed by atoms with Crippen LogP contribution in [0.4, 0.5) is 0 Å². The molecule has 76 valence electrons. The van der Waals surface area contributed by atoms with E-state index in [0.717, 1.165) is 11.3 Å². The van der Waals surface area contributed by atoms with Crippen LogP contribution in [0.1, 0.15) is 12.5 Å². The Morgan fingerprint density at radius 1 is 1.53 bits per heavy atom. The fourth-order valence-electron chi connectivity index (χ4n) is 1.04. The van der Waals surface area contributed by atoms with Gasteiger partial charge < -0.3 is 0 Å². The number of azide groups is 1. The minimum Gasteiger partial charge on any atom is -0.126 e. The normalized spacial score (nSPS) is 8.60. The van der Waals surface area contributed by atoms with Crippen LogP contribution in [-0.4, -0.2) is 12.3 Å². The predicted molar refractivity (Wildman–Crippen MR) is 63.7 cm³/mol. The Hall–Kier alpha value is -1.56. The van der Waals surface area contributed by atoms with E-state index >= 15 is 0 Å². The van der Waals surface area contributed by atoms with Gasteiger partial charge in [-0.3, -0.25) is 0 Å². The average molecular weight is 217 g/mol. The van der Waals surface area contributed by atoms with Gasteiger partial charge in [0, 0.05) is 15.4 Å². The maximum absolute atomic E-state index is 8.06. The first-order chi connectivity index (χ1) is 7.36. The summed E-state index contributed by atoms with van der Waals surface area (Å²) in [6.45, 7) is 2.34. The first-order valence-corrected chi connectivity index (χ1v) is 5.58. The molecule has 0 unspecified atom stereocenters. The fraction of sp³-hybridized carbons (Fsp3) is 0.273. The van der Waals surface area contributed by atoms with Crippen LogP contribution in [0, 0.1) is 11.8 Å². The van der Waals surface area contributed by atoms with Gasteiger partial charge >= 0.3 is 0 Å². The van der Waals surface area contributed by atoms with Crippen LogP contribution in [0.5, 0.6) is 0 Å². The second-order valence-corrected chi connectivity index (χ2v) is 3.99. The molecule has 0 radical (unpaired) electrons. The summed E-state index contributed by atoms with van der Waals surface area (Å²) in [6, 6.07) is 8.03. The number of rotatable bonds is 3. The number of hydrogen-bond donors (Lipinski definition) is 0. The molecule has 0 aromatic heterocycles. The summed E-state index contributed by atoms with van der Waals surface area (Å²) in [7, 11) is 0. The van der Waals surface area contributed by atoms with Gasteiger partial charge in [-0.1, -0.05) is 29.9 Å². The quantitative estimate of drug-likeness (QED) is 0.251. The highest BCUT2D eigenvalue weighted by atomic mass is 32.2. The van der Waals surface area contributed by atoms with Crippen molar-refractivity contribution >= 4 is 11.8 Å². The second-order valence-electron chi connectivity index (χ2n) is 2.65. The summed E-state index contributed by atoms with van der Waals surface area (Å²) < 4.78 is 0. The lowest BCUT2D eigenvalue weighted by atomic mass is 10.2. The van der Waals surface area contributed by atoms with Crippen molar-refractivity contribution in [2.24, 2.45) is 5.11 Å². The van der Waals surface area contributed by atoms with Crippen LogP contribution in [0.15, 0.2) is 34.3 Å². The predicted octanol–water partition coefficient (Wildman–Crippen LogP) is 3.46. The second kappa shape index (κ2) is 6.83. The van der Waals surface area contributed by atoms with Crippen molar-refractivity contribution in [1.82, 2.24) is 0 Å². The minimum absolute atomic E-state index is 0.224. The molecule has 0 spiro atoms. The molecule has 4 heteroatoms. The molecule has 1 rings (SSSR count). The molecule has 0 heterocycles. The van der Waals surface area contributed by atoms with E-state index in [1.165, 1.54) is 4.90 Å². The Bertz CT molecular complexity index is 425. The minimum atomic E-state index is 0.224. The summed E-state index contributed by atoms with van der Waals surface area (Å²) in [5.74, 6) is 6.79. The highest BCUT2D eigenvalue weighted by molar-refractivity contribution is 7.99. The highest BCUT2D eigenvalue weighted by Gasteiger charge is 1.91. The summed E-state index contributed by atoms with van der Waals surface area (Å²) in [5, 5.41) is 3.35. The Labute approximate surface area is 93.5 Å². The van der Waals surface area contributed by atoms with Gasteiger partial charge in [0.2, 0.25) is 0 Å². The van der Waals surface area contributed by atoms with Crippen molar-refractivity contribution < 1.29 is 0 Å². The van der Waals surface area contributed by atoms with Crippen LogP contribution < -0.4 is 0 Å². The molecule has 15 heavy (non-hydrogen) atoms. The molecule has 0 amide bonds. The third-order valence-corrected chi connectivity index (χ3v) is 2.47. The van der Waals surface area contributed by atoms with Gasteiger partial charge in [0.05, 0.1) is 6.54 Å². The molecule has 0 saturated carbocycles. The first-order valence-electron chi connectivity index (χ1n) is 4.59. The summed E-state index contributed by atoms with van der Waals surface area (Å²) >= 11 is 1.78. The largest absolute Gasteiger partial charge is 0.126 e. The molecule has 0 N–H and O–H groups in total. The zero-order valence-electron chi connectivity index (χ0n) is 8.47. The first kappa shape index (κ1) is 11.5. The van der Waals surface area contributed by atoms with Crippen molar-refractivity contribution in [3.63, 3.8) is 0 Å². The number of hydrogen-bond acceptors (Lipinski definition) is 2. The molecule has 3 nitrogen and oxygen atoms in total. The third kappa shape index (κ3) is 4.46. The Kier molecular flexibility index (Phi) is 5.24. The molecule has 1 aromatic rings. The number of nitrogens with zero attached hydrogens (tertiary/aromatic N) is 3. The topological polar surface area (TPSA) is 48.8 Å². The van der Waals surface area contributed by atoms with Crippen molar-refractivity contribution in [2.45, 2.75) is 11.8 Å². The van der Waals surface area contributed by atoms with Gasteiger partial charge in [-0.2, -0.15) is 0 Å². The molecule has 0 atom stereocenters. The molecule has 0 saturated heterocycles. The van der Waals surface area contributed by atoms with E-state index in [9.17, 15) is 0 Å². The highest BCUT2D eigenvalue weighted by Crippen LogP contribution is 2.17. The molecule has 0 fully saturated rings. The van der Waals surface area contributed by atoms with Gasteiger partial charge in [0.25, 0.3) is 0 Å². The average Bonchev–Trinajstić information content (AvgIpc) is 2.26. The zero-order chi connectivity index (χ0) is 10.9. The van der Waals surface area contributed by atoms with E-state index in [4.69, 9.17) is 5.53 Å². The molecule has 0 aliphatic heterocycles. The van der Waals surface area contributed by atoms with Gasteiger partial charge in [-0.05, 0) is 29.5 Å². The monoisotopic (exact) mass is 217 g/mol. The summed E-state index contributed by atoms with van der Waals surface area (Å²) in [5.41, 5.74) is 9.02. The summed E-state index contributed by atoms with van der Waals surface area (Å²) in [4.78, 5) is 3.85. The smallest absolute Gasteiger partial charge is 0.0880 e. The summed E-state index contributed by atoms with van der Waals surface area (Å²) in [6.07, 6.45) is 0. The van der Waals surface area contributed by atoms with E-state index < -0.39 is 0 Å². The van der Waals surface area contributed by atoms with Crippen LogP contribution in [0.2, 0.25) is 0 Å². The van der Waals surface area contributed by atoms with Crippen molar-refractivity contribution in [1.29, 1.82) is 0 Å². The SMILES string of the molecule is CCSc1cccc(C#CCN=[N+]=[N-])c1. The molecule has 1 aromatic carbocycles. The van der Waals surface area contributed by atoms with Crippen LogP contribution in [0.3, 0.4) is 0 Å². The molecule has 0 bridgehead atoms. The molecule has 0 aliphatic rings. The van der Waals surface area contributed by atoms with E-state index in [1.54, 1.807) is 11.8 Å². The lowest BCUT2D eigenvalue weighted by molar-refractivity contribution is 1.25. The third-order valence-electron chi connectivity index (χ3n) is 1.59. The molecular formula is C11H11N3S. The van der Waals surface area contributed by atoms with E-state index in [0.29, 0.717) is 0 Å². The Morgan fingerprint density at radius 3 is 3.13 bits per heavy atom. The Balaban J connectivity index is 2.71. The lowest BCUT2D eigenvalue weighted by Crippen LogP contribution is -1.78. The van der Waals surface area contributed by atoms with Gasteiger partial charge in [0.15, 0.2) is 0 Å². The number of thioether (sulfide) groups is 1. The molecular weight excluding hydrogens is 206 g/mol. The fourth-order valence-corrected chi connectivity index (χ4v) is 1.76. The van der Waals surface area contributed by atoms with Crippen LogP contribution in [-0.2, 0) is 0 Å². The maximum Gasteiger partial charge on any atom is 0.0880 e. The van der Waals surface area contributed by atoms with Gasteiger partial charge in [-0.25, -0.2) is 0 Å². The van der Waals surface area contributed by atoms with E-state index in [-0.39, 0.29) is 6.54 Å². The van der Waals surface area contributed by atoms with Crippen molar-refractivity contribution in [3.8, 4) is 11.8 Å². The lowest BCUT2D eigenvalue weighted by Gasteiger charge is -1.97. The van der Waals surface area contributed by atoms with Gasteiger partial charge in [-0.15, -0.1) is 11.8 Å². The standard InChI is InChI=1S/C11H11N3S/c1-2-15-11-7-3-5-10(9-11)6-4-8-13-14-12/h3,5,7,9H,2,8H2,1H3. The van der Waals surface area contributed by atoms with Crippen LogP contribution in [0.25, 0.3) is 10.4 Å². The Morgan fingerprint density at radius 2 is 2.40 bits per heavy atom. The van der Waals surface area contributed by atoms with Crippen LogP contribution >= 0.6 is 11.8 Å². The molecule has 0 aliphatic carbocycles. The van der Waals surface area contributed by atoms with E-state index in [2.05, 4.69) is 34.9 Å².